The van der Waals surface area contributed by atoms with Crippen LogP contribution in [0.1, 0.15) is 33.6 Å². The molecule has 0 bridgehead atoms. The van der Waals surface area contributed by atoms with Crippen LogP contribution in [-0.2, 0) is 0 Å². The lowest BCUT2D eigenvalue weighted by atomic mass is 10.0. The van der Waals surface area contributed by atoms with Gasteiger partial charge >= 0.3 is 0 Å². The topological polar surface area (TPSA) is 74.5 Å². The maximum atomic E-state index is 10.2. The summed E-state index contributed by atoms with van der Waals surface area (Å²) in [6.45, 7) is 7.18. The summed E-state index contributed by atoms with van der Waals surface area (Å²) in [6.07, 6.45) is 7.21. The zero-order valence-corrected chi connectivity index (χ0v) is 12.3. The molecular formula is C14H23N5O. The monoisotopic (exact) mass is 277 g/mol. The number of imidazole rings is 1. The first kappa shape index (κ1) is 14.6. The van der Waals surface area contributed by atoms with Crippen LogP contribution in [-0.4, -0.2) is 38.2 Å². The molecule has 2 aromatic heterocycles. The molecule has 0 saturated heterocycles. The number of aliphatic hydroxyl groups is 1. The van der Waals surface area contributed by atoms with Gasteiger partial charge in [-0.15, -0.1) is 0 Å². The Morgan fingerprint density at radius 1 is 1.35 bits per heavy atom. The van der Waals surface area contributed by atoms with Gasteiger partial charge in [-0.05, 0) is 20.3 Å². The minimum absolute atomic E-state index is 0.450. The number of hydrogen-bond donors (Lipinski definition) is 3. The smallest absolute Gasteiger partial charge is 0.180 e. The second-order valence-corrected chi connectivity index (χ2v) is 5.26. The Hall–Kier alpha value is -1.82. The summed E-state index contributed by atoms with van der Waals surface area (Å²) < 4.78 is 1.92. The Bertz CT molecular complexity index is 564. The van der Waals surface area contributed by atoms with Gasteiger partial charge in [0.2, 0.25) is 0 Å². The van der Waals surface area contributed by atoms with Crippen molar-refractivity contribution in [1.82, 2.24) is 14.4 Å². The molecule has 1 atom stereocenters. The SMILES string of the molecule is CCCC(C)(O)CNc1nc(NCC)cn2ccnc12. The van der Waals surface area contributed by atoms with E-state index in [-0.39, 0.29) is 0 Å². The first-order valence-corrected chi connectivity index (χ1v) is 7.09. The van der Waals surface area contributed by atoms with E-state index in [0.29, 0.717) is 12.4 Å². The van der Waals surface area contributed by atoms with Crippen LogP contribution < -0.4 is 10.6 Å². The molecule has 0 fully saturated rings. The van der Waals surface area contributed by atoms with Gasteiger partial charge in [0, 0.05) is 25.5 Å². The second kappa shape index (κ2) is 6.09. The normalized spacial score (nSPS) is 14.2. The highest BCUT2D eigenvalue weighted by Crippen LogP contribution is 2.18. The van der Waals surface area contributed by atoms with E-state index in [1.165, 1.54) is 0 Å². The predicted octanol–water partition coefficient (Wildman–Crippen LogP) is 2.12. The summed E-state index contributed by atoms with van der Waals surface area (Å²) >= 11 is 0. The van der Waals surface area contributed by atoms with E-state index < -0.39 is 5.60 Å². The van der Waals surface area contributed by atoms with E-state index in [9.17, 15) is 5.11 Å². The van der Waals surface area contributed by atoms with Crippen LogP contribution in [0.3, 0.4) is 0 Å². The molecule has 0 aliphatic heterocycles. The van der Waals surface area contributed by atoms with Crippen molar-refractivity contribution < 1.29 is 5.11 Å². The molecule has 0 spiro atoms. The minimum atomic E-state index is -0.742. The summed E-state index contributed by atoms with van der Waals surface area (Å²) in [7, 11) is 0. The van der Waals surface area contributed by atoms with Crippen LogP contribution in [0.4, 0.5) is 11.6 Å². The highest BCUT2D eigenvalue weighted by atomic mass is 16.3. The molecule has 2 heterocycles. The molecular weight excluding hydrogens is 254 g/mol. The molecule has 0 aromatic carbocycles. The molecule has 0 aliphatic carbocycles. The largest absolute Gasteiger partial charge is 0.388 e. The van der Waals surface area contributed by atoms with Gasteiger partial charge in [-0.3, -0.25) is 0 Å². The molecule has 2 rings (SSSR count). The lowest BCUT2D eigenvalue weighted by molar-refractivity contribution is 0.0636. The van der Waals surface area contributed by atoms with E-state index in [0.717, 1.165) is 30.9 Å². The molecule has 1 unspecified atom stereocenters. The third-order valence-electron chi connectivity index (χ3n) is 3.16. The average molecular weight is 277 g/mol. The molecule has 2 aromatic rings. The lowest BCUT2D eigenvalue weighted by Crippen LogP contribution is -2.33. The second-order valence-electron chi connectivity index (χ2n) is 5.26. The van der Waals surface area contributed by atoms with Gasteiger partial charge in [-0.1, -0.05) is 13.3 Å². The first-order chi connectivity index (χ1) is 9.55. The van der Waals surface area contributed by atoms with Gasteiger partial charge in [0.05, 0.1) is 11.8 Å². The molecule has 110 valence electrons. The Kier molecular flexibility index (Phi) is 4.44. The van der Waals surface area contributed by atoms with Crippen LogP contribution in [0.25, 0.3) is 5.65 Å². The van der Waals surface area contributed by atoms with Crippen LogP contribution >= 0.6 is 0 Å². The van der Waals surface area contributed by atoms with Crippen molar-refractivity contribution in [1.29, 1.82) is 0 Å². The fourth-order valence-corrected chi connectivity index (χ4v) is 2.22. The van der Waals surface area contributed by atoms with Gasteiger partial charge in [0.25, 0.3) is 0 Å². The summed E-state index contributed by atoms with van der Waals surface area (Å²) in [4.78, 5) is 8.80. The zero-order chi connectivity index (χ0) is 14.6. The number of rotatable bonds is 7. The van der Waals surface area contributed by atoms with Gasteiger partial charge in [0.15, 0.2) is 11.5 Å². The zero-order valence-electron chi connectivity index (χ0n) is 12.3. The van der Waals surface area contributed by atoms with Crippen molar-refractivity contribution in [3.05, 3.63) is 18.6 Å². The Morgan fingerprint density at radius 2 is 2.15 bits per heavy atom. The summed E-state index contributed by atoms with van der Waals surface area (Å²) in [6, 6.07) is 0. The van der Waals surface area contributed by atoms with Crippen molar-refractivity contribution in [2.24, 2.45) is 0 Å². The third kappa shape index (κ3) is 3.39. The molecule has 3 N–H and O–H groups in total. The molecule has 0 saturated carbocycles. The average Bonchev–Trinajstić information content (AvgIpc) is 2.84. The fraction of sp³-hybridized carbons (Fsp3) is 0.571. The van der Waals surface area contributed by atoms with Crippen molar-refractivity contribution >= 4 is 17.3 Å². The highest BCUT2D eigenvalue weighted by molar-refractivity contribution is 5.65. The number of aromatic nitrogens is 3. The Balaban J connectivity index is 2.21. The molecule has 6 heteroatoms. The molecule has 0 aliphatic rings. The first-order valence-electron chi connectivity index (χ1n) is 7.09. The minimum Gasteiger partial charge on any atom is -0.388 e. The van der Waals surface area contributed by atoms with Gasteiger partial charge in [-0.2, -0.15) is 0 Å². The number of anilines is 2. The molecule has 6 nitrogen and oxygen atoms in total. The van der Waals surface area contributed by atoms with E-state index in [1.807, 2.05) is 30.6 Å². The van der Waals surface area contributed by atoms with Gasteiger partial charge in [0.1, 0.15) is 5.82 Å². The Labute approximate surface area is 119 Å². The van der Waals surface area contributed by atoms with Crippen LogP contribution in [0.15, 0.2) is 18.6 Å². The van der Waals surface area contributed by atoms with E-state index in [1.54, 1.807) is 6.20 Å². The summed E-state index contributed by atoms with van der Waals surface area (Å²) in [5, 5.41) is 16.6. The summed E-state index contributed by atoms with van der Waals surface area (Å²) in [5.74, 6) is 1.47. The maximum absolute atomic E-state index is 10.2. The predicted molar refractivity (Wildman–Crippen MR) is 81.2 cm³/mol. The molecule has 0 radical (unpaired) electrons. The van der Waals surface area contributed by atoms with Crippen LogP contribution in [0.2, 0.25) is 0 Å². The van der Waals surface area contributed by atoms with Gasteiger partial charge in [-0.25, -0.2) is 9.97 Å². The quantitative estimate of drug-likeness (QED) is 0.723. The number of fused-ring (bicyclic) bond motifs is 1. The third-order valence-corrected chi connectivity index (χ3v) is 3.16. The number of hydrogen-bond acceptors (Lipinski definition) is 5. The van der Waals surface area contributed by atoms with Crippen LogP contribution in [0, 0.1) is 0 Å². The molecule has 0 amide bonds. The van der Waals surface area contributed by atoms with E-state index in [4.69, 9.17) is 0 Å². The lowest BCUT2D eigenvalue weighted by Gasteiger charge is -2.23. The number of nitrogens with zero attached hydrogens (tertiary/aromatic N) is 3. The van der Waals surface area contributed by atoms with Crippen molar-refractivity contribution in [3.8, 4) is 0 Å². The highest BCUT2D eigenvalue weighted by Gasteiger charge is 2.19. The van der Waals surface area contributed by atoms with Crippen molar-refractivity contribution in [2.75, 3.05) is 23.7 Å². The van der Waals surface area contributed by atoms with E-state index in [2.05, 4.69) is 27.5 Å². The summed E-state index contributed by atoms with van der Waals surface area (Å²) in [5.41, 5.74) is 0.0211. The van der Waals surface area contributed by atoms with Crippen molar-refractivity contribution in [3.63, 3.8) is 0 Å². The van der Waals surface area contributed by atoms with Crippen LogP contribution in [0.5, 0.6) is 0 Å². The number of nitrogens with one attached hydrogen (secondary N) is 2. The van der Waals surface area contributed by atoms with E-state index >= 15 is 0 Å². The Morgan fingerprint density at radius 3 is 2.85 bits per heavy atom. The molecule has 20 heavy (non-hydrogen) atoms. The fourth-order valence-electron chi connectivity index (χ4n) is 2.22. The van der Waals surface area contributed by atoms with Gasteiger partial charge < -0.3 is 20.1 Å². The standard InChI is InChI=1S/C14H23N5O/c1-4-6-14(3,20)10-17-12-13-16-7-8-19(13)9-11(18-12)15-5-2/h7-9,15,20H,4-6,10H2,1-3H3,(H,17,18). The van der Waals surface area contributed by atoms with Crippen molar-refractivity contribution in [2.45, 2.75) is 39.2 Å². The maximum Gasteiger partial charge on any atom is 0.180 e.